The van der Waals surface area contributed by atoms with Crippen LogP contribution in [0.4, 0.5) is 17.2 Å². The number of rotatable bonds is 7. The van der Waals surface area contributed by atoms with Crippen LogP contribution in [-0.4, -0.2) is 35.1 Å². The zero-order valence-electron chi connectivity index (χ0n) is 23.0. The topological polar surface area (TPSA) is 138 Å². The van der Waals surface area contributed by atoms with Crippen molar-refractivity contribution in [3.05, 3.63) is 94.8 Å². The fourth-order valence-electron chi connectivity index (χ4n) is 5.10. The maximum absolute atomic E-state index is 7.65. The van der Waals surface area contributed by atoms with Crippen LogP contribution in [0.5, 0.6) is 0 Å². The van der Waals surface area contributed by atoms with Crippen LogP contribution in [0.2, 0.25) is 0 Å². The number of nitrogens with two attached hydrogens (primary N) is 2. The van der Waals surface area contributed by atoms with Gasteiger partial charge in [-0.2, -0.15) is 0 Å². The van der Waals surface area contributed by atoms with Crippen LogP contribution in [0.1, 0.15) is 61.4 Å². The molecule has 8 nitrogen and oxygen atoms in total. The van der Waals surface area contributed by atoms with Gasteiger partial charge in [-0.1, -0.05) is 50.3 Å². The highest BCUT2D eigenvalue weighted by Gasteiger charge is 2.27. The van der Waals surface area contributed by atoms with Gasteiger partial charge in [-0.15, -0.1) is 0 Å². The molecule has 0 amide bonds. The van der Waals surface area contributed by atoms with E-state index in [-0.39, 0.29) is 12.0 Å². The minimum absolute atomic E-state index is 0.0300. The summed E-state index contributed by atoms with van der Waals surface area (Å²) in [5.41, 5.74) is 18.3. The number of benzene rings is 2. The van der Waals surface area contributed by atoms with Crippen molar-refractivity contribution in [1.29, 1.82) is 5.41 Å². The summed E-state index contributed by atoms with van der Waals surface area (Å²) in [6.07, 6.45) is 9.20. The molecule has 5 rings (SSSR count). The van der Waals surface area contributed by atoms with Crippen molar-refractivity contribution in [2.75, 3.05) is 11.1 Å². The molecule has 0 saturated heterocycles. The number of nitrogen functional groups attached to an aromatic ring is 1. The molecule has 0 aliphatic carbocycles. The summed E-state index contributed by atoms with van der Waals surface area (Å²) in [5.74, 6) is 2.25. The molecule has 3 unspecified atom stereocenters. The van der Waals surface area contributed by atoms with Crippen molar-refractivity contribution in [1.82, 2.24) is 4.98 Å². The second-order valence-electron chi connectivity index (χ2n) is 10.3. The maximum Gasteiger partial charge on any atom is 0.154 e. The van der Waals surface area contributed by atoms with Crippen molar-refractivity contribution in [2.24, 2.45) is 26.6 Å². The van der Waals surface area contributed by atoms with E-state index in [0.717, 1.165) is 48.5 Å². The number of allylic oxidation sites excluding steroid dienone is 1. The third-order valence-electron chi connectivity index (χ3n) is 7.62. The van der Waals surface area contributed by atoms with Crippen LogP contribution in [0.15, 0.2) is 87.4 Å². The first-order valence-corrected chi connectivity index (χ1v) is 13.8. The summed E-state index contributed by atoms with van der Waals surface area (Å²) in [4.78, 5) is 19.2. The molecular formula is C32H36N8. The Kier molecular flexibility index (Phi) is 8.15. The summed E-state index contributed by atoms with van der Waals surface area (Å²) >= 11 is 0. The lowest BCUT2D eigenvalue weighted by Crippen LogP contribution is -2.29. The number of amidine groups is 2. The molecule has 3 atom stereocenters. The van der Waals surface area contributed by atoms with Gasteiger partial charge in [0.1, 0.15) is 11.5 Å². The molecule has 0 bridgehead atoms. The first-order chi connectivity index (χ1) is 19.4. The summed E-state index contributed by atoms with van der Waals surface area (Å²) < 4.78 is 0. The maximum atomic E-state index is 7.65. The van der Waals surface area contributed by atoms with E-state index >= 15 is 0 Å². The minimum atomic E-state index is -0.0300. The summed E-state index contributed by atoms with van der Waals surface area (Å²) in [7, 11) is 0. The number of nitrogens with one attached hydrogen (secondary N) is 2. The number of hydrogen-bond acceptors (Lipinski definition) is 7. The molecule has 0 radical (unpaired) electrons. The van der Waals surface area contributed by atoms with Gasteiger partial charge in [0.05, 0.1) is 6.04 Å². The molecule has 1 aromatic heterocycles. The Morgan fingerprint density at radius 2 is 2.02 bits per heavy atom. The van der Waals surface area contributed by atoms with Crippen LogP contribution in [0, 0.1) is 11.3 Å². The predicted octanol–water partition coefficient (Wildman–Crippen LogP) is 6.01. The van der Waals surface area contributed by atoms with Crippen molar-refractivity contribution >= 4 is 41.3 Å². The zero-order chi connectivity index (χ0) is 28.1. The molecule has 8 heteroatoms. The molecular weight excluding hydrogens is 496 g/mol. The van der Waals surface area contributed by atoms with E-state index in [0.29, 0.717) is 34.5 Å². The van der Waals surface area contributed by atoms with Gasteiger partial charge in [0, 0.05) is 46.5 Å². The van der Waals surface area contributed by atoms with Crippen molar-refractivity contribution < 1.29 is 0 Å². The van der Waals surface area contributed by atoms with Gasteiger partial charge >= 0.3 is 0 Å². The van der Waals surface area contributed by atoms with E-state index in [2.05, 4.69) is 53.4 Å². The van der Waals surface area contributed by atoms with Gasteiger partial charge < -0.3 is 22.2 Å². The first kappa shape index (κ1) is 27.0. The zero-order valence-corrected chi connectivity index (χ0v) is 23.0. The number of aromatic nitrogens is 1. The third kappa shape index (κ3) is 6.01. The number of nitrogens with zero attached hydrogens (tertiary/aromatic N) is 4. The van der Waals surface area contributed by atoms with Crippen LogP contribution < -0.4 is 16.8 Å². The summed E-state index contributed by atoms with van der Waals surface area (Å²) in [5, 5.41) is 11.1. The fraction of sp³-hybridized carbons (Fsp3) is 0.281. The molecule has 0 saturated carbocycles. The van der Waals surface area contributed by atoms with Gasteiger partial charge in [-0.25, -0.2) is 9.98 Å². The molecule has 0 spiro atoms. The predicted molar refractivity (Wildman–Crippen MR) is 166 cm³/mol. The fourth-order valence-corrected chi connectivity index (χ4v) is 5.10. The van der Waals surface area contributed by atoms with E-state index in [1.807, 2.05) is 42.6 Å². The molecule has 2 aromatic carbocycles. The number of hydrogen-bond donors (Lipinski definition) is 4. The summed E-state index contributed by atoms with van der Waals surface area (Å²) in [6.45, 7) is 4.33. The van der Waals surface area contributed by atoms with Crippen molar-refractivity contribution in [3.63, 3.8) is 0 Å². The van der Waals surface area contributed by atoms with E-state index < -0.39 is 0 Å². The largest absolute Gasteiger partial charge is 0.398 e. The molecule has 3 heterocycles. The van der Waals surface area contributed by atoms with E-state index in [4.69, 9.17) is 26.9 Å². The van der Waals surface area contributed by atoms with Crippen LogP contribution in [0.25, 0.3) is 0 Å². The Balaban J connectivity index is 1.41. The van der Waals surface area contributed by atoms with E-state index in [9.17, 15) is 0 Å². The molecule has 0 fully saturated rings. The highest BCUT2D eigenvalue weighted by Crippen LogP contribution is 2.30. The molecule has 40 heavy (non-hydrogen) atoms. The normalized spacial score (nSPS) is 19.6. The Hall–Kier alpha value is -4.59. The van der Waals surface area contributed by atoms with Gasteiger partial charge in [0.2, 0.25) is 0 Å². The van der Waals surface area contributed by atoms with Crippen LogP contribution in [-0.2, 0) is 6.42 Å². The molecule has 2 aliphatic heterocycles. The Bertz CT molecular complexity index is 1520. The second-order valence-corrected chi connectivity index (χ2v) is 10.3. The minimum Gasteiger partial charge on any atom is -0.398 e. The monoisotopic (exact) mass is 532 g/mol. The first-order valence-electron chi connectivity index (χ1n) is 13.8. The average molecular weight is 533 g/mol. The SMILES string of the molecule is CCC1C=NC(/C(N)=N/c2cccc(C(C)C3Cc4ccccc4C(Nc4ccc(N)c(C=N)c4)=N3)n2)=CCC1. The van der Waals surface area contributed by atoms with Gasteiger partial charge in [0.15, 0.2) is 11.7 Å². The quantitative estimate of drug-likeness (QED) is 0.168. The average Bonchev–Trinajstić information content (AvgIpc) is 3.24. The number of anilines is 2. The second kappa shape index (κ2) is 12.1. The highest BCUT2D eigenvalue weighted by molar-refractivity contribution is 6.10. The number of aliphatic imine (C=N–C) groups is 3. The van der Waals surface area contributed by atoms with Crippen molar-refractivity contribution in [2.45, 2.75) is 51.5 Å². The van der Waals surface area contributed by atoms with E-state index in [1.165, 1.54) is 11.8 Å². The Morgan fingerprint density at radius 3 is 2.85 bits per heavy atom. The standard InChI is InChI=1S/C32H36N8/c1-3-21-8-6-12-28(36-19-21)31(35)40-30-13-7-11-27(38-30)20(2)29-17-22-9-4-5-10-25(22)32(39-29)37-24-14-15-26(34)23(16-24)18-33/h4-5,7,9-16,18-21,29,33H,3,6,8,17,34H2,1-2H3,(H,37,39)(H2,35,38,40). The van der Waals surface area contributed by atoms with Gasteiger partial charge in [-0.05, 0) is 67.5 Å². The van der Waals surface area contributed by atoms with E-state index in [1.54, 1.807) is 6.07 Å². The lowest BCUT2D eigenvalue weighted by atomic mass is 9.88. The molecule has 2 aliphatic rings. The smallest absolute Gasteiger partial charge is 0.154 e. The highest BCUT2D eigenvalue weighted by atomic mass is 15.0. The van der Waals surface area contributed by atoms with Crippen LogP contribution >= 0.6 is 0 Å². The Morgan fingerprint density at radius 1 is 1.18 bits per heavy atom. The summed E-state index contributed by atoms with van der Waals surface area (Å²) in [6, 6.07) is 19.7. The lowest BCUT2D eigenvalue weighted by molar-refractivity contribution is 0.550. The van der Waals surface area contributed by atoms with Crippen LogP contribution in [0.3, 0.4) is 0 Å². The third-order valence-corrected chi connectivity index (χ3v) is 7.62. The molecule has 204 valence electrons. The lowest BCUT2D eigenvalue weighted by Gasteiger charge is -2.28. The molecule has 3 aromatic rings. The molecule has 6 N–H and O–H groups in total. The van der Waals surface area contributed by atoms with Crippen molar-refractivity contribution in [3.8, 4) is 0 Å². The Labute approximate surface area is 235 Å². The number of pyridine rings is 1. The van der Waals surface area contributed by atoms with Gasteiger partial charge in [-0.3, -0.25) is 9.98 Å². The number of fused-ring (bicyclic) bond motifs is 1. The van der Waals surface area contributed by atoms with Gasteiger partial charge in [0.25, 0.3) is 0 Å².